The number of ether oxygens (including phenoxy) is 1. The van der Waals surface area contributed by atoms with E-state index in [1.54, 1.807) is 12.1 Å². The maximum atomic E-state index is 11.4. The maximum absolute atomic E-state index is 11.4. The first kappa shape index (κ1) is 14.3. The van der Waals surface area contributed by atoms with Gasteiger partial charge in [0.05, 0.1) is 6.61 Å². The van der Waals surface area contributed by atoms with E-state index in [9.17, 15) is 4.79 Å². The van der Waals surface area contributed by atoms with Gasteiger partial charge in [0.1, 0.15) is 5.75 Å². The van der Waals surface area contributed by atoms with E-state index in [4.69, 9.17) is 10.5 Å². The molecule has 2 amide bonds. The monoisotopic (exact) mass is 251 g/mol. The quantitative estimate of drug-likeness (QED) is 0.721. The van der Waals surface area contributed by atoms with Crippen molar-refractivity contribution >= 4 is 11.7 Å². The minimum atomic E-state index is -0.253. The molecule has 0 radical (unpaired) electrons. The van der Waals surface area contributed by atoms with Crippen LogP contribution in [-0.2, 0) is 0 Å². The fourth-order valence-electron chi connectivity index (χ4n) is 1.26. The van der Waals surface area contributed by atoms with Crippen molar-refractivity contribution in [2.45, 2.75) is 13.8 Å². The minimum absolute atomic E-state index is 0.253. The lowest BCUT2D eigenvalue weighted by Gasteiger charge is -2.10. The topological polar surface area (TPSA) is 76.4 Å². The zero-order valence-electron chi connectivity index (χ0n) is 10.9. The normalized spacial score (nSPS) is 10.2. The Morgan fingerprint density at radius 2 is 2.00 bits per heavy atom. The number of hydrogen-bond donors (Lipinski definition) is 3. The Balaban J connectivity index is 2.42. The van der Waals surface area contributed by atoms with Crippen LogP contribution in [-0.4, -0.2) is 25.7 Å². The van der Waals surface area contributed by atoms with E-state index >= 15 is 0 Å². The van der Waals surface area contributed by atoms with Crippen LogP contribution in [0.25, 0.3) is 0 Å². The molecule has 1 aromatic rings. The lowest BCUT2D eigenvalue weighted by atomic mass is 10.2. The van der Waals surface area contributed by atoms with Crippen LogP contribution in [0.15, 0.2) is 24.3 Å². The summed E-state index contributed by atoms with van der Waals surface area (Å²) in [5.74, 6) is 1.29. The highest BCUT2D eigenvalue weighted by molar-refractivity contribution is 5.89. The van der Waals surface area contributed by atoms with Crippen molar-refractivity contribution in [1.82, 2.24) is 5.32 Å². The first-order chi connectivity index (χ1) is 8.61. The Labute approximate surface area is 108 Å². The number of hydrogen-bond acceptors (Lipinski definition) is 3. The maximum Gasteiger partial charge on any atom is 0.319 e. The summed E-state index contributed by atoms with van der Waals surface area (Å²) in [5.41, 5.74) is 6.01. The molecule has 0 saturated carbocycles. The van der Waals surface area contributed by atoms with Gasteiger partial charge in [-0.15, -0.1) is 0 Å². The molecular weight excluding hydrogens is 230 g/mol. The zero-order chi connectivity index (χ0) is 13.4. The SMILES string of the molecule is CC(C)COc1ccc(NC(=O)NCCN)cc1. The van der Waals surface area contributed by atoms with Gasteiger partial charge in [0.25, 0.3) is 0 Å². The summed E-state index contributed by atoms with van der Waals surface area (Å²) in [6.45, 7) is 5.76. The summed E-state index contributed by atoms with van der Waals surface area (Å²) in [6.07, 6.45) is 0. The van der Waals surface area contributed by atoms with Gasteiger partial charge in [-0.25, -0.2) is 4.79 Å². The largest absolute Gasteiger partial charge is 0.493 e. The van der Waals surface area contributed by atoms with E-state index in [2.05, 4.69) is 24.5 Å². The Morgan fingerprint density at radius 3 is 2.56 bits per heavy atom. The highest BCUT2D eigenvalue weighted by Crippen LogP contribution is 2.16. The number of urea groups is 1. The zero-order valence-corrected chi connectivity index (χ0v) is 10.9. The molecule has 0 aliphatic carbocycles. The molecule has 0 saturated heterocycles. The van der Waals surface area contributed by atoms with Gasteiger partial charge in [-0.1, -0.05) is 13.8 Å². The molecule has 5 heteroatoms. The van der Waals surface area contributed by atoms with Crippen LogP contribution >= 0.6 is 0 Å². The average molecular weight is 251 g/mol. The molecule has 0 spiro atoms. The number of carbonyl (C=O) groups is 1. The van der Waals surface area contributed by atoms with Crippen molar-refractivity contribution in [3.8, 4) is 5.75 Å². The third-order valence-corrected chi connectivity index (χ3v) is 2.13. The van der Waals surface area contributed by atoms with Gasteiger partial charge in [0.15, 0.2) is 0 Å². The molecule has 0 heterocycles. The molecule has 0 unspecified atom stereocenters. The third kappa shape index (κ3) is 5.54. The average Bonchev–Trinajstić information content (AvgIpc) is 2.35. The lowest BCUT2D eigenvalue weighted by molar-refractivity contribution is 0.252. The smallest absolute Gasteiger partial charge is 0.319 e. The fourth-order valence-corrected chi connectivity index (χ4v) is 1.26. The molecule has 0 aliphatic heterocycles. The number of rotatable bonds is 6. The number of amides is 2. The standard InChI is InChI=1S/C13H21N3O2/c1-10(2)9-18-12-5-3-11(4-6-12)16-13(17)15-8-7-14/h3-6,10H,7-9,14H2,1-2H3,(H2,15,16,17). The van der Waals surface area contributed by atoms with Crippen molar-refractivity contribution in [2.75, 3.05) is 25.0 Å². The Bertz CT molecular complexity index is 363. The fraction of sp³-hybridized carbons (Fsp3) is 0.462. The number of nitrogens with one attached hydrogen (secondary N) is 2. The van der Waals surface area contributed by atoms with Gasteiger partial charge < -0.3 is 21.1 Å². The summed E-state index contributed by atoms with van der Waals surface area (Å²) >= 11 is 0. The molecule has 0 aliphatic rings. The second-order valence-electron chi connectivity index (χ2n) is 4.40. The van der Waals surface area contributed by atoms with Crippen molar-refractivity contribution < 1.29 is 9.53 Å². The van der Waals surface area contributed by atoms with Crippen LogP contribution < -0.4 is 21.1 Å². The highest BCUT2D eigenvalue weighted by Gasteiger charge is 2.01. The Hall–Kier alpha value is -1.75. The first-order valence-electron chi connectivity index (χ1n) is 6.09. The van der Waals surface area contributed by atoms with Crippen LogP contribution in [0, 0.1) is 5.92 Å². The molecule has 100 valence electrons. The van der Waals surface area contributed by atoms with Crippen LogP contribution in [0.5, 0.6) is 5.75 Å². The Kier molecular flexibility index (Phi) is 6.00. The summed E-state index contributed by atoms with van der Waals surface area (Å²) in [7, 11) is 0. The van der Waals surface area contributed by atoms with E-state index < -0.39 is 0 Å². The molecule has 0 bridgehead atoms. The van der Waals surface area contributed by atoms with E-state index in [0.717, 1.165) is 11.4 Å². The van der Waals surface area contributed by atoms with Crippen molar-refractivity contribution in [1.29, 1.82) is 0 Å². The van der Waals surface area contributed by atoms with Crippen molar-refractivity contribution in [3.63, 3.8) is 0 Å². The van der Waals surface area contributed by atoms with Crippen molar-refractivity contribution in [2.24, 2.45) is 11.7 Å². The molecule has 0 fully saturated rings. The molecule has 1 aromatic carbocycles. The summed E-state index contributed by atoms with van der Waals surface area (Å²) in [4.78, 5) is 11.4. The van der Waals surface area contributed by atoms with Gasteiger partial charge in [0.2, 0.25) is 0 Å². The minimum Gasteiger partial charge on any atom is -0.493 e. The van der Waals surface area contributed by atoms with Gasteiger partial charge in [0, 0.05) is 18.8 Å². The third-order valence-electron chi connectivity index (χ3n) is 2.13. The lowest BCUT2D eigenvalue weighted by Crippen LogP contribution is -2.32. The molecule has 0 aromatic heterocycles. The summed E-state index contributed by atoms with van der Waals surface area (Å²) in [6, 6.07) is 7.02. The first-order valence-corrected chi connectivity index (χ1v) is 6.09. The molecule has 1 rings (SSSR count). The number of nitrogens with two attached hydrogens (primary N) is 1. The summed E-state index contributed by atoms with van der Waals surface area (Å²) in [5, 5.41) is 5.34. The predicted octanol–water partition coefficient (Wildman–Crippen LogP) is 1.80. The van der Waals surface area contributed by atoms with Crippen LogP contribution in [0.2, 0.25) is 0 Å². The molecule has 4 N–H and O–H groups in total. The highest BCUT2D eigenvalue weighted by atomic mass is 16.5. The number of benzene rings is 1. The van der Waals surface area contributed by atoms with E-state index in [0.29, 0.717) is 25.6 Å². The van der Waals surface area contributed by atoms with E-state index in [1.807, 2.05) is 12.1 Å². The van der Waals surface area contributed by atoms with Gasteiger partial charge >= 0.3 is 6.03 Å². The second kappa shape index (κ2) is 7.55. The summed E-state index contributed by atoms with van der Waals surface area (Å²) < 4.78 is 5.55. The number of anilines is 1. The van der Waals surface area contributed by atoms with Crippen molar-refractivity contribution in [3.05, 3.63) is 24.3 Å². The van der Waals surface area contributed by atoms with Gasteiger partial charge in [-0.3, -0.25) is 0 Å². The predicted molar refractivity (Wildman–Crippen MR) is 72.9 cm³/mol. The molecule has 18 heavy (non-hydrogen) atoms. The van der Waals surface area contributed by atoms with E-state index in [-0.39, 0.29) is 6.03 Å². The van der Waals surface area contributed by atoms with Crippen LogP contribution in [0.1, 0.15) is 13.8 Å². The molecular formula is C13H21N3O2. The number of carbonyl (C=O) groups excluding carboxylic acids is 1. The van der Waals surface area contributed by atoms with Crippen LogP contribution in [0.4, 0.5) is 10.5 Å². The second-order valence-corrected chi connectivity index (χ2v) is 4.40. The Morgan fingerprint density at radius 1 is 1.33 bits per heavy atom. The molecule has 0 atom stereocenters. The van der Waals surface area contributed by atoms with Crippen LogP contribution in [0.3, 0.4) is 0 Å². The van der Waals surface area contributed by atoms with Gasteiger partial charge in [-0.05, 0) is 30.2 Å². The molecule has 5 nitrogen and oxygen atoms in total. The van der Waals surface area contributed by atoms with E-state index in [1.165, 1.54) is 0 Å². The van der Waals surface area contributed by atoms with Gasteiger partial charge in [-0.2, -0.15) is 0 Å².